The van der Waals surface area contributed by atoms with Crippen LogP contribution >= 0.6 is 11.8 Å². The van der Waals surface area contributed by atoms with Crippen molar-refractivity contribution in [2.45, 2.75) is 29.4 Å². The molecule has 0 saturated carbocycles. The van der Waals surface area contributed by atoms with Gasteiger partial charge in [-0.3, -0.25) is 0 Å². The molecule has 4 heteroatoms. The Kier molecular flexibility index (Phi) is 3.64. The van der Waals surface area contributed by atoms with Gasteiger partial charge in [0.1, 0.15) is 0 Å². The first kappa shape index (κ1) is 11.2. The molecule has 1 aromatic heterocycles. The fourth-order valence-corrected chi connectivity index (χ4v) is 2.17. The Hall–Kier alpha value is -1.26. The minimum absolute atomic E-state index is 0.141. The van der Waals surface area contributed by atoms with Crippen LogP contribution in [0.2, 0.25) is 0 Å². The molecule has 16 heavy (non-hydrogen) atoms. The molecular weight excluding hydrogens is 218 g/mol. The Morgan fingerprint density at radius 3 is 2.69 bits per heavy atom. The molecule has 1 atom stereocenters. The van der Waals surface area contributed by atoms with Crippen molar-refractivity contribution in [3.8, 4) is 0 Å². The lowest BCUT2D eigenvalue weighted by molar-refractivity contribution is 0.698. The summed E-state index contributed by atoms with van der Waals surface area (Å²) in [7, 11) is 0. The highest BCUT2D eigenvalue weighted by Gasteiger charge is 2.03. The maximum atomic E-state index is 5.96. The summed E-state index contributed by atoms with van der Waals surface area (Å²) in [5.41, 5.74) is 7.14. The second kappa shape index (κ2) is 5.18. The van der Waals surface area contributed by atoms with Crippen LogP contribution in [0.25, 0.3) is 0 Å². The van der Waals surface area contributed by atoms with Gasteiger partial charge in [0, 0.05) is 23.3 Å². The first-order valence-corrected chi connectivity index (χ1v) is 6.14. The molecule has 0 spiro atoms. The van der Waals surface area contributed by atoms with Crippen LogP contribution in [0.15, 0.2) is 46.7 Å². The maximum Gasteiger partial charge on any atom is 0.170 e. The highest BCUT2D eigenvalue weighted by molar-refractivity contribution is 7.99. The van der Waals surface area contributed by atoms with E-state index in [4.69, 9.17) is 5.73 Å². The van der Waals surface area contributed by atoms with E-state index in [9.17, 15) is 0 Å². The number of hydrogen-bond acceptors (Lipinski definition) is 3. The predicted molar refractivity (Wildman–Crippen MR) is 66.4 cm³/mol. The van der Waals surface area contributed by atoms with E-state index < -0.39 is 0 Å². The van der Waals surface area contributed by atoms with E-state index >= 15 is 0 Å². The molecular formula is C12H15N3S. The fourth-order valence-electron chi connectivity index (χ4n) is 1.44. The van der Waals surface area contributed by atoms with Crippen LogP contribution < -0.4 is 5.73 Å². The summed E-state index contributed by atoms with van der Waals surface area (Å²) in [4.78, 5) is 8.40. The molecule has 0 unspecified atom stereocenters. The molecule has 0 radical (unpaired) electrons. The normalized spacial score (nSPS) is 12.6. The van der Waals surface area contributed by atoms with Crippen molar-refractivity contribution < 1.29 is 0 Å². The van der Waals surface area contributed by atoms with Crippen molar-refractivity contribution in [1.29, 1.82) is 0 Å². The van der Waals surface area contributed by atoms with Crippen LogP contribution in [-0.4, -0.2) is 9.97 Å². The quantitative estimate of drug-likeness (QED) is 0.853. The molecule has 0 bridgehead atoms. The van der Waals surface area contributed by atoms with E-state index in [0.717, 1.165) is 11.6 Å². The van der Waals surface area contributed by atoms with Gasteiger partial charge in [-0.2, -0.15) is 0 Å². The van der Waals surface area contributed by atoms with Crippen LogP contribution in [0.3, 0.4) is 0 Å². The fraction of sp³-hybridized carbons (Fsp3) is 0.250. The Balaban J connectivity index is 2.07. The van der Waals surface area contributed by atoms with Gasteiger partial charge in [0.25, 0.3) is 0 Å². The molecule has 0 aliphatic carbocycles. The summed E-state index contributed by atoms with van der Waals surface area (Å²) in [6.07, 6.45) is 4.54. The van der Waals surface area contributed by atoms with Gasteiger partial charge in [-0.1, -0.05) is 30.8 Å². The van der Waals surface area contributed by atoms with Gasteiger partial charge in [-0.15, -0.1) is 0 Å². The topological polar surface area (TPSA) is 54.7 Å². The van der Waals surface area contributed by atoms with E-state index in [1.807, 2.05) is 6.20 Å². The number of aromatic amines is 1. The number of nitrogens with two attached hydrogens (primary N) is 1. The van der Waals surface area contributed by atoms with Gasteiger partial charge >= 0.3 is 0 Å². The lowest BCUT2D eigenvalue weighted by atomic mass is 10.1. The smallest absolute Gasteiger partial charge is 0.170 e. The zero-order valence-corrected chi connectivity index (χ0v) is 10.00. The van der Waals surface area contributed by atoms with Gasteiger partial charge in [-0.25, -0.2) is 4.98 Å². The molecule has 1 aromatic carbocycles. The van der Waals surface area contributed by atoms with Crippen LogP contribution in [-0.2, 0) is 0 Å². The van der Waals surface area contributed by atoms with Gasteiger partial charge in [-0.05, 0) is 24.1 Å². The third-order valence-electron chi connectivity index (χ3n) is 2.44. The average Bonchev–Trinajstić information content (AvgIpc) is 2.82. The lowest BCUT2D eigenvalue weighted by Gasteiger charge is -2.09. The summed E-state index contributed by atoms with van der Waals surface area (Å²) in [5.74, 6) is 0. The molecule has 0 amide bonds. The summed E-state index contributed by atoms with van der Waals surface area (Å²) in [6.45, 7) is 2.09. The Labute approximate surface area is 99.5 Å². The number of nitrogens with zero attached hydrogens (tertiary/aromatic N) is 1. The number of nitrogens with one attached hydrogen (secondary N) is 1. The standard InChI is InChI=1S/C12H15N3S/c1-2-11(13)9-3-5-10(6-4-9)16-12-14-7-8-15-12/h3-8,11H,2,13H2,1H3,(H,14,15)/t11-/m0/s1. The second-order valence-electron chi connectivity index (χ2n) is 3.58. The van der Waals surface area contributed by atoms with E-state index in [1.165, 1.54) is 10.5 Å². The minimum Gasteiger partial charge on any atom is -0.339 e. The molecule has 1 heterocycles. The van der Waals surface area contributed by atoms with Crippen molar-refractivity contribution in [2.75, 3.05) is 0 Å². The number of aromatic nitrogens is 2. The number of rotatable bonds is 4. The molecule has 84 valence electrons. The first-order chi connectivity index (χ1) is 7.79. The third-order valence-corrected chi connectivity index (χ3v) is 3.36. The molecule has 0 aliphatic heterocycles. The molecule has 3 nitrogen and oxygen atoms in total. The second-order valence-corrected chi connectivity index (χ2v) is 4.64. The maximum absolute atomic E-state index is 5.96. The summed E-state index contributed by atoms with van der Waals surface area (Å²) in [5, 5.41) is 0.910. The van der Waals surface area contributed by atoms with Crippen LogP contribution in [0, 0.1) is 0 Å². The summed E-state index contributed by atoms with van der Waals surface area (Å²) in [6, 6.07) is 8.47. The zero-order chi connectivity index (χ0) is 11.4. The number of H-pyrrole nitrogens is 1. The van der Waals surface area contributed by atoms with Crippen LogP contribution in [0.5, 0.6) is 0 Å². The number of imidazole rings is 1. The number of benzene rings is 1. The molecule has 0 saturated heterocycles. The van der Waals surface area contributed by atoms with Gasteiger partial charge in [0.15, 0.2) is 5.16 Å². The van der Waals surface area contributed by atoms with Gasteiger partial charge in [0.05, 0.1) is 0 Å². The Bertz CT molecular complexity index is 422. The number of hydrogen-bond donors (Lipinski definition) is 2. The molecule has 2 aromatic rings. The lowest BCUT2D eigenvalue weighted by Crippen LogP contribution is -2.07. The van der Waals surface area contributed by atoms with E-state index in [2.05, 4.69) is 41.2 Å². The SMILES string of the molecule is CC[C@H](N)c1ccc(Sc2ncc[nH]2)cc1. The molecule has 0 aliphatic rings. The Morgan fingerprint density at radius 1 is 1.38 bits per heavy atom. The Morgan fingerprint density at radius 2 is 2.12 bits per heavy atom. The largest absolute Gasteiger partial charge is 0.339 e. The van der Waals surface area contributed by atoms with E-state index in [-0.39, 0.29) is 6.04 Å². The van der Waals surface area contributed by atoms with Crippen molar-refractivity contribution in [3.05, 3.63) is 42.2 Å². The van der Waals surface area contributed by atoms with Crippen molar-refractivity contribution in [2.24, 2.45) is 5.73 Å². The molecule has 0 fully saturated rings. The summed E-state index contributed by atoms with van der Waals surface area (Å²) >= 11 is 1.61. The van der Waals surface area contributed by atoms with Crippen LogP contribution in [0.1, 0.15) is 24.9 Å². The van der Waals surface area contributed by atoms with Gasteiger partial charge < -0.3 is 10.7 Å². The first-order valence-electron chi connectivity index (χ1n) is 5.32. The predicted octanol–water partition coefficient (Wildman–Crippen LogP) is 2.97. The van der Waals surface area contributed by atoms with Crippen molar-refractivity contribution in [3.63, 3.8) is 0 Å². The van der Waals surface area contributed by atoms with Crippen molar-refractivity contribution in [1.82, 2.24) is 9.97 Å². The highest BCUT2D eigenvalue weighted by Crippen LogP contribution is 2.25. The van der Waals surface area contributed by atoms with Gasteiger partial charge in [0.2, 0.25) is 0 Å². The van der Waals surface area contributed by atoms with E-state index in [0.29, 0.717) is 0 Å². The molecule has 2 rings (SSSR count). The van der Waals surface area contributed by atoms with Crippen molar-refractivity contribution >= 4 is 11.8 Å². The highest BCUT2D eigenvalue weighted by atomic mass is 32.2. The van der Waals surface area contributed by atoms with E-state index in [1.54, 1.807) is 18.0 Å². The third kappa shape index (κ3) is 2.65. The summed E-state index contributed by atoms with van der Waals surface area (Å²) < 4.78 is 0. The average molecular weight is 233 g/mol. The molecule has 3 N–H and O–H groups in total. The monoisotopic (exact) mass is 233 g/mol. The zero-order valence-electron chi connectivity index (χ0n) is 9.18. The minimum atomic E-state index is 0.141. The van der Waals surface area contributed by atoms with Crippen LogP contribution in [0.4, 0.5) is 0 Å².